The molecule has 2 rings (SSSR count). The summed E-state index contributed by atoms with van der Waals surface area (Å²) in [7, 11) is 0. The number of benzene rings is 1. The first-order valence-corrected chi connectivity index (χ1v) is 10.8. The number of nitrogens with zero attached hydrogens (tertiary/aromatic N) is 1. The zero-order valence-corrected chi connectivity index (χ0v) is 19.8. The van der Waals surface area contributed by atoms with Crippen molar-refractivity contribution in [3.05, 3.63) is 88.6 Å². The number of rotatable bonds is 8. The molecule has 1 aromatic heterocycles. The number of allylic oxidation sites excluding steroid dienone is 5. The van der Waals surface area contributed by atoms with Gasteiger partial charge in [0.2, 0.25) is 5.60 Å². The number of nitrogens with two attached hydrogens (primary N) is 2. The molecule has 1 aromatic carbocycles. The van der Waals surface area contributed by atoms with Crippen molar-refractivity contribution in [2.45, 2.75) is 52.4 Å². The molecule has 0 aliphatic heterocycles. The van der Waals surface area contributed by atoms with Crippen molar-refractivity contribution < 1.29 is 22.7 Å². The number of halogens is 3. The quantitative estimate of drug-likeness (QED) is 0.209. The molecule has 6 nitrogen and oxygen atoms in total. The molecule has 1 atom stereocenters. The zero-order valence-electron chi connectivity index (χ0n) is 19.8. The van der Waals surface area contributed by atoms with Crippen molar-refractivity contribution in [1.82, 2.24) is 5.01 Å². The molecule has 0 aliphatic rings. The van der Waals surface area contributed by atoms with Crippen LogP contribution in [0.15, 0.2) is 76.3 Å². The van der Waals surface area contributed by atoms with Crippen molar-refractivity contribution in [2.24, 2.45) is 11.6 Å². The summed E-state index contributed by atoms with van der Waals surface area (Å²) in [6, 6.07) is 6.34. The first-order chi connectivity index (χ1) is 16.0. The molecule has 9 heteroatoms. The summed E-state index contributed by atoms with van der Waals surface area (Å²) in [6.45, 7) is 10.8. The van der Waals surface area contributed by atoms with Crippen LogP contribution in [-0.4, -0.2) is 21.9 Å². The highest BCUT2D eigenvalue weighted by Gasteiger charge is 2.54. The number of hydrogen-bond acceptors (Lipinski definition) is 6. The minimum Gasteiger partial charge on any atom is -0.423 e. The van der Waals surface area contributed by atoms with E-state index in [0.29, 0.717) is 16.5 Å². The van der Waals surface area contributed by atoms with Gasteiger partial charge in [-0.05, 0) is 36.1 Å². The second-order valence-electron chi connectivity index (χ2n) is 7.13. The maximum absolute atomic E-state index is 13.2. The minimum atomic E-state index is -4.95. The van der Waals surface area contributed by atoms with Crippen molar-refractivity contribution in [1.29, 1.82) is 0 Å². The van der Waals surface area contributed by atoms with Gasteiger partial charge in [0.15, 0.2) is 0 Å². The molecule has 0 saturated heterocycles. The van der Waals surface area contributed by atoms with E-state index < -0.39 is 29.5 Å². The zero-order chi connectivity index (χ0) is 26.1. The first kappa shape index (κ1) is 28.7. The molecule has 34 heavy (non-hydrogen) atoms. The van der Waals surface area contributed by atoms with Gasteiger partial charge in [-0.25, -0.2) is 10.6 Å². The smallest absolute Gasteiger partial charge is 0.422 e. The Kier molecular flexibility index (Phi) is 10.3. The van der Waals surface area contributed by atoms with E-state index >= 15 is 0 Å². The van der Waals surface area contributed by atoms with Crippen molar-refractivity contribution in [3.8, 4) is 0 Å². The fourth-order valence-electron chi connectivity index (χ4n) is 3.12. The molecule has 0 saturated carbocycles. The molecule has 0 fully saturated rings. The van der Waals surface area contributed by atoms with Crippen LogP contribution in [0.5, 0.6) is 0 Å². The lowest BCUT2D eigenvalue weighted by molar-refractivity contribution is -0.245. The van der Waals surface area contributed by atoms with Gasteiger partial charge >= 0.3 is 11.8 Å². The van der Waals surface area contributed by atoms with Gasteiger partial charge in [0.1, 0.15) is 5.58 Å². The second-order valence-corrected chi connectivity index (χ2v) is 7.13. The second kappa shape index (κ2) is 12.2. The predicted molar refractivity (Wildman–Crippen MR) is 130 cm³/mol. The summed E-state index contributed by atoms with van der Waals surface area (Å²) >= 11 is 0. The fourth-order valence-corrected chi connectivity index (χ4v) is 3.12. The number of aliphatic hydroxyl groups is 1. The van der Waals surface area contributed by atoms with Gasteiger partial charge in [0.25, 0.3) is 0 Å². The fraction of sp³-hybridized carbons (Fsp3) is 0.320. The molecule has 0 bridgehead atoms. The summed E-state index contributed by atoms with van der Waals surface area (Å²) in [5.74, 6) is 5.81. The van der Waals surface area contributed by atoms with E-state index in [1.807, 2.05) is 32.9 Å². The van der Waals surface area contributed by atoms with E-state index in [1.165, 1.54) is 13.0 Å². The average Bonchev–Trinajstić information content (AvgIpc) is 2.78. The van der Waals surface area contributed by atoms with Crippen molar-refractivity contribution >= 4 is 16.5 Å². The monoisotopic (exact) mass is 479 g/mol. The summed E-state index contributed by atoms with van der Waals surface area (Å²) in [4.78, 5) is 12.1. The lowest BCUT2D eigenvalue weighted by atomic mass is 9.96. The summed E-state index contributed by atoms with van der Waals surface area (Å²) in [6.07, 6.45) is 2.30. The third-order valence-corrected chi connectivity index (χ3v) is 4.94. The Labute approximate surface area is 197 Å². The van der Waals surface area contributed by atoms with Gasteiger partial charge in [-0.15, -0.1) is 0 Å². The van der Waals surface area contributed by atoms with Gasteiger partial charge < -0.3 is 20.3 Å². The normalized spacial score (nSPS) is 14.5. The maximum Gasteiger partial charge on any atom is 0.422 e. The van der Waals surface area contributed by atoms with Crippen LogP contribution in [0.1, 0.15) is 45.2 Å². The maximum atomic E-state index is 13.2. The van der Waals surface area contributed by atoms with Crippen LogP contribution in [0.2, 0.25) is 0 Å². The average molecular weight is 480 g/mol. The highest BCUT2D eigenvalue weighted by atomic mass is 19.4. The van der Waals surface area contributed by atoms with E-state index in [-0.39, 0.29) is 12.1 Å². The standard InChI is InChI=1S/C23H26F3N3O3.C2H6/c1-4-7-8-16(5-2)18-12-21(30)32-19-11-15(9-10-17(18)19)13-29(28)14-20(27)22(31,6-3)23(24,25)26;1-2/h4-5,7-12,14,31H,2,6,13,27-28H2,1,3H3;1-2H3/b7-4-,16-8+,20-14-;. The Morgan fingerprint density at radius 2 is 1.91 bits per heavy atom. The van der Waals surface area contributed by atoms with Gasteiger partial charge in [0, 0.05) is 17.7 Å². The highest BCUT2D eigenvalue weighted by Crippen LogP contribution is 2.36. The third-order valence-electron chi connectivity index (χ3n) is 4.94. The van der Waals surface area contributed by atoms with E-state index in [4.69, 9.17) is 16.0 Å². The van der Waals surface area contributed by atoms with E-state index in [9.17, 15) is 23.1 Å². The summed E-state index contributed by atoms with van der Waals surface area (Å²) in [5.41, 5.74) is 3.11. The Morgan fingerprint density at radius 1 is 1.26 bits per heavy atom. The van der Waals surface area contributed by atoms with Gasteiger partial charge in [-0.2, -0.15) is 13.2 Å². The minimum absolute atomic E-state index is 0.0506. The van der Waals surface area contributed by atoms with Gasteiger partial charge in [-0.1, -0.05) is 63.8 Å². The van der Waals surface area contributed by atoms with Crippen molar-refractivity contribution in [2.75, 3.05) is 0 Å². The van der Waals surface area contributed by atoms with Crippen molar-refractivity contribution in [3.63, 3.8) is 0 Å². The van der Waals surface area contributed by atoms with Gasteiger partial charge in [0.05, 0.1) is 12.2 Å². The van der Waals surface area contributed by atoms with E-state index in [0.717, 1.165) is 16.8 Å². The Bertz CT molecular complexity index is 1130. The SMILES string of the molecule is C=C/C(=C\C=C/C)c1cc(=O)oc2cc(CN(N)/C=C(\N)C(O)(CC)C(F)(F)F)ccc12.CC. The molecular formula is C25H32F3N3O3. The Hall–Kier alpha value is -3.30. The summed E-state index contributed by atoms with van der Waals surface area (Å²) in [5, 5.41) is 11.5. The van der Waals surface area contributed by atoms with Crippen LogP contribution in [0.3, 0.4) is 0 Å². The predicted octanol–water partition coefficient (Wildman–Crippen LogP) is 5.14. The third kappa shape index (κ3) is 6.61. The lowest BCUT2D eigenvalue weighted by Gasteiger charge is -2.30. The van der Waals surface area contributed by atoms with Crippen LogP contribution in [0, 0.1) is 0 Å². The summed E-state index contributed by atoms with van der Waals surface area (Å²) < 4.78 is 44.8. The Balaban J connectivity index is 0.00000281. The number of fused-ring (bicyclic) bond motifs is 1. The molecular weight excluding hydrogens is 447 g/mol. The molecule has 1 unspecified atom stereocenters. The molecule has 186 valence electrons. The topological polar surface area (TPSA) is 106 Å². The first-order valence-electron chi connectivity index (χ1n) is 10.8. The van der Waals surface area contributed by atoms with Crippen LogP contribution in [0.25, 0.3) is 16.5 Å². The lowest BCUT2D eigenvalue weighted by Crippen LogP contribution is -2.49. The molecule has 0 spiro atoms. The number of alkyl halides is 3. The van der Waals surface area contributed by atoms with Gasteiger partial charge in [-0.3, -0.25) is 0 Å². The highest BCUT2D eigenvalue weighted by molar-refractivity contribution is 5.93. The largest absolute Gasteiger partial charge is 0.423 e. The van der Waals surface area contributed by atoms with Crippen LogP contribution >= 0.6 is 0 Å². The number of hydrogen-bond donors (Lipinski definition) is 3. The number of hydrazine groups is 1. The molecule has 2 aromatic rings. The van der Waals surface area contributed by atoms with Crippen LogP contribution in [-0.2, 0) is 6.54 Å². The molecule has 5 N–H and O–H groups in total. The van der Waals surface area contributed by atoms with E-state index in [1.54, 1.807) is 30.4 Å². The molecule has 0 radical (unpaired) electrons. The molecule has 0 aliphatic carbocycles. The van der Waals surface area contributed by atoms with Crippen LogP contribution < -0.4 is 17.2 Å². The van der Waals surface area contributed by atoms with E-state index in [2.05, 4.69) is 6.58 Å². The van der Waals surface area contributed by atoms with Crippen LogP contribution in [0.4, 0.5) is 13.2 Å². The molecule has 1 heterocycles. The molecule has 0 amide bonds. The Morgan fingerprint density at radius 3 is 2.44 bits per heavy atom.